The summed E-state index contributed by atoms with van der Waals surface area (Å²) in [4.78, 5) is 3.99. The van der Waals surface area contributed by atoms with Crippen molar-refractivity contribution in [2.24, 2.45) is 12.8 Å². The van der Waals surface area contributed by atoms with Crippen LogP contribution in [0.4, 0.5) is 5.95 Å². The molecule has 0 atom stereocenters. The number of hydrogen-bond donors (Lipinski definition) is 2. The van der Waals surface area contributed by atoms with Gasteiger partial charge >= 0.3 is 0 Å². The smallest absolute Gasteiger partial charge is 0.264 e. The Hall–Kier alpha value is -2.00. The van der Waals surface area contributed by atoms with E-state index in [2.05, 4.69) is 14.8 Å². The molecule has 1 heterocycles. The summed E-state index contributed by atoms with van der Waals surface area (Å²) in [5.41, 5.74) is 5.96. The fourth-order valence-corrected chi connectivity index (χ4v) is 2.59. The number of rotatable bonds is 4. The fourth-order valence-electron chi connectivity index (χ4n) is 1.38. The minimum atomic E-state index is -3.75. The van der Waals surface area contributed by atoms with Crippen molar-refractivity contribution in [3.8, 4) is 0 Å². The van der Waals surface area contributed by atoms with Crippen molar-refractivity contribution in [3.63, 3.8) is 0 Å². The van der Waals surface area contributed by atoms with Gasteiger partial charge in [0.25, 0.3) is 10.0 Å². The summed E-state index contributed by atoms with van der Waals surface area (Å²) >= 11 is 4.82. The highest BCUT2D eigenvalue weighted by molar-refractivity contribution is 7.92. The van der Waals surface area contributed by atoms with Crippen LogP contribution in [0.25, 0.3) is 0 Å². The van der Waals surface area contributed by atoms with Gasteiger partial charge in [0, 0.05) is 12.6 Å². The number of sulfonamides is 1. The number of nitrogens with zero attached hydrogens (tertiary/aromatic N) is 3. The summed E-state index contributed by atoms with van der Waals surface area (Å²) in [5.74, 6) is 0.126. The molecule has 7 nitrogen and oxygen atoms in total. The van der Waals surface area contributed by atoms with Gasteiger partial charge in [0.05, 0.1) is 4.90 Å². The van der Waals surface area contributed by atoms with E-state index in [-0.39, 0.29) is 15.8 Å². The van der Waals surface area contributed by atoms with Crippen molar-refractivity contribution in [1.82, 2.24) is 14.8 Å². The first-order valence-electron chi connectivity index (χ1n) is 5.17. The maximum Gasteiger partial charge on any atom is 0.264 e. The number of nitrogens with two attached hydrogens (primary N) is 1. The topological polar surface area (TPSA) is 103 Å². The molecule has 0 aliphatic heterocycles. The summed E-state index contributed by atoms with van der Waals surface area (Å²) < 4.78 is 27.9. The van der Waals surface area contributed by atoms with Gasteiger partial charge in [0.15, 0.2) is 0 Å². The van der Waals surface area contributed by atoms with Crippen LogP contribution in [0.3, 0.4) is 0 Å². The Bertz CT molecular complexity index is 723. The van der Waals surface area contributed by atoms with E-state index in [1.165, 1.54) is 23.1 Å². The Balaban J connectivity index is 2.37. The van der Waals surface area contributed by atoms with Crippen molar-refractivity contribution in [2.45, 2.75) is 4.90 Å². The Labute approximate surface area is 115 Å². The average Bonchev–Trinajstić information content (AvgIpc) is 2.74. The van der Waals surface area contributed by atoms with Crippen LogP contribution in [-0.2, 0) is 17.1 Å². The highest BCUT2D eigenvalue weighted by atomic mass is 32.2. The van der Waals surface area contributed by atoms with E-state index in [1.54, 1.807) is 19.2 Å². The van der Waals surface area contributed by atoms with Gasteiger partial charge in [0.2, 0.25) is 5.95 Å². The first-order chi connectivity index (χ1) is 8.90. The summed E-state index contributed by atoms with van der Waals surface area (Å²) in [5, 5.41) is 3.78. The molecule has 2 rings (SSSR count). The van der Waals surface area contributed by atoms with Gasteiger partial charge in [-0.15, -0.1) is 0 Å². The molecule has 0 fully saturated rings. The van der Waals surface area contributed by atoms with Gasteiger partial charge in [-0.25, -0.2) is 17.8 Å². The third-order valence-corrected chi connectivity index (χ3v) is 3.93. The lowest BCUT2D eigenvalue weighted by molar-refractivity contribution is 0.600. The Morgan fingerprint density at radius 3 is 2.79 bits per heavy atom. The zero-order chi connectivity index (χ0) is 14.0. The van der Waals surface area contributed by atoms with Gasteiger partial charge in [-0.1, -0.05) is 24.4 Å². The molecule has 1 aromatic carbocycles. The van der Waals surface area contributed by atoms with E-state index in [0.29, 0.717) is 5.56 Å². The first kappa shape index (κ1) is 13.4. The van der Waals surface area contributed by atoms with Gasteiger partial charge in [-0.2, -0.15) is 10.1 Å². The second kappa shape index (κ2) is 4.94. The maximum atomic E-state index is 12.2. The summed E-state index contributed by atoms with van der Waals surface area (Å²) in [7, 11) is -2.17. The largest absolute Gasteiger partial charge is 0.389 e. The summed E-state index contributed by atoms with van der Waals surface area (Å²) in [6, 6.07) is 6.06. The molecule has 3 N–H and O–H groups in total. The molecule has 9 heteroatoms. The van der Waals surface area contributed by atoms with Crippen LogP contribution in [0.1, 0.15) is 5.56 Å². The van der Waals surface area contributed by atoms with E-state index in [1.807, 2.05) is 0 Å². The van der Waals surface area contributed by atoms with Crippen LogP contribution in [0.2, 0.25) is 0 Å². The van der Waals surface area contributed by atoms with Gasteiger partial charge in [-0.05, 0) is 12.1 Å². The van der Waals surface area contributed by atoms with Gasteiger partial charge in [0.1, 0.15) is 11.3 Å². The van der Waals surface area contributed by atoms with Gasteiger partial charge in [-0.3, -0.25) is 0 Å². The average molecular weight is 297 g/mol. The molecule has 0 unspecified atom stereocenters. The van der Waals surface area contributed by atoms with Crippen molar-refractivity contribution in [1.29, 1.82) is 0 Å². The molecule has 19 heavy (non-hydrogen) atoms. The van der Waals surface area contributed by atoms with Crippen molar-refractivity contribution < 1.29 is 8.42 Å². The SMILES string of the molecule is Cn1ncnc1NS(=O)(=O)c1cccc(C(N)=S)c1. The number of aryl methyl sites for hydroxylation is 1. The highest BCUT2D eigenvalue weighted by Gasteiger charge is 2.17. The molecule has 100 valence electrons. The molecule has 0 radical (unpaired) electrons. The normalized spacial score (nSPS) is 11.2. The summed E-state index contributed by atoms with van der Waals surface area (Å²) in [6.07, 6.45) is 1.25. The first-order valence-corrected chi connectivity index (χ1v) is 7.06. The summed E-state index contributed by atoms with van der Waals surface area (Å²) in [6.45, 7) is 0. The number of thiocarbonyl (C=S) groups is 1. The van der Waals surface area contributed by atoms with Crippen LogP contribution in [0.15, 0.2) is 35.5 Å². The number of anilines is 1. The molecule has 0 aliphatic rings. The molecule has 0 amide bonds. The van der Waals surface area contributed by atoms with Crippen LogP contribution in [-0.4, -0.2) is 28.2 Å². The predicted molar refractivity (Wildman–Crippen MR) is 74.1 cm³/mol. The predicted octanol–water partition coefficient (Wildman–Crippen LogP) is 0.250. The monoisotopic (exact) mass is 297 g/mol. The van der Waals surface area contributed by atoms with E-state index < -0.39 is 10.0 Å². The van der Waals surface area contributed by atoms with Gasteiger partial charge < -0.3 is 5.73 Å². The second-order valence-corrected chi connectivity index (χ2v) is 5.83. The van der Waals surface area contributed by atoms with Crippen molar-refractivity contribution in [2.75, 3.05) is 4.72 Å². The molecule has 0 spiro atoms. The van der Waals surface area contributed by atoms with Crippen molar-refractivity contribution >= 4 is 33.2 Å². The molecular formula is C10H11N5O2S2. The minimum Gasteiger partial charge on any atom is -0.389 e. The van der Waals surface area contributed by atoms with Crippen LogP contribution < -0.4 is 10.5 Å². The lowest BCUT2D eigenvalue weighted by atomic mass is 10.2. The van der Waals surface area contributed by atoms with E-state index >= 15 is 0 Å². The Morgan fingerprint density at radius 2 is 2.21 bits per heavy atom. The van der Waals surface area contributed by atoms with Crippen molar-refractivity contribution in [3.05, 3.63) is 36.2 Å². The fraction of sp³-hybridized carbons (Fsp3) is 0.100. The Morgan fingerprint density at radius 1 is 1.47 bits per heavy atom. The van der Waals surface area contributed by atoms with Crippen LogP contribution in [0.5, 0.6) is 0 Å². The number of benzene rings is 1. The highest BCUT2D eigenvalue weighted by Crippen LogP contribution is 2.15. The molecule has 0 bridgehead atoms. The van der Waals surface area contributed by atoms with Crippen LogP contribution in [0, 0.1) is 0 Å². The molecule has 1 aromatic heterocycles. The second-order valence-electron chi connectivity index (χ2n) is 3.70. The minimum absolute atomic E-state index is 0.0563. The molecular weight excluding hydrogens is 286 g/mol. The number of hydrogen-bond acceptors (Lipinski definition) is 5. The van der Waals surface area contributed by atoms with E-state index in [9.17, 15) is 8.42 Å². The zero-order valence-electron chi connectivity index (χ0n) is 9.94. The number of nitrogens with one attached hydrogen (secondary N) is 1. The zero-order valence-corrected chi connectivity index (χ0v) is 11.6. The maximum absolute atomic E-state index is 12.2. The van der Waals surface area contributed by atoms with E-state index in [0.717, 1.165) is 0 Å². The lowest BCUT2D eigenvalue weighted by Crippen LogP contribution is -2.17. The molecule has 0 aliphatic carbocycles. The molecule has 0 saturated heterocycles. The quantitative estimate of drug-likeness (QED) is 0.784. The number of aromatic nitrogens is 3. The third-order valence-electron chi connectivity index (χ3n) is 2.37. The standard InChI is InChI=1S/C10H11N5O2S2/c1-15-10(12-6-13-15)14-19(16,17)8-4-2-3-7(5-8)9(11)18/h2-6H,1H3,(H2,11,18)(H,12,13,14). The Kier molecular flexibility index (Phi) is 3.49. The molecule has 0 saturated carbocycles. The van der Waals surface area contributed by atoms with Crippen LogP contribution >= 0.6 is 12.2 Å². The molecule has 2 aromatic rings. The third kappa shape index (κ3) is 2.88. The van der Waals surface area contributed by atoms with E-state index in [4.69, 9.17) is 18.0 Å². The lowest BCUT2D eigenvalue weighted by Gasteiger charge is -2.07.